The van der Waals surface area contributed by atoms with Crippen LogP contribution in [-0.2, 0) is 4.79 Å². The second-order valence-electron chi connectivity index (χ2n) is 5.49. The maximum absolute atomic E-state index is 12.2. The zero-order valence-corrected chi connectivity index (χ0v) is 12.1. The molecule has 3 rings (SSSR count). The minimum atomic E-state index is -0.488. The van der Waals surface area contributed by atoms with Crippen molar-refractivity contribution in [3.05, 3.63) is 36.4 Å². The van der Waals surface area contributed by atoms with Crippen molar-refractivity contribution in [1.29, 1.82) is 0 Å². The molecule has 1 N–H and O–H groups in total. The minimum Gasteiger partial charge on any atom is -0.508 e. The number of hydrogen-bond acceptors (Lipinski definition) is 3. The average Bonchev–Trinajstić information content (AvgIpc) is 3.00. The van der Waals surface area contributed by atoms with Crippen LogP contribution in [-0.4, -0.2) is 35.1 Å². The Kier molecular flexibility index (Phi) is 3.69. The van der Waals surface area contributed by atoms with Gasteiger partial charge in [-0.3, -0.25) is 4.79 Å². The van der Waals surface area contributed by atoms with Crippen molar-refractivity contribution in [2.75, 3.05) is 13.1 Å². The first kappa shape index (κ1) is 13.7. The van der Waals surface area contributed by atoms with Crippen LogP contribution in [0.3, 0.4) is 0 Å². The summed E-state index contributed by atoms with van der Waals surface area (Å²) in [5, 5.41) is 11.5. The predicted octanol–water partition coefficient (Wildman–Crippen LogP) is 2.94. The number of carbonyl (C=O) groups is 1. The first-order valence-electron chi connectivity index (χ1n) is 7.32. The number of amides is 1. The number of nitrogens with zero attached hydrogens (tertiary/aromatic N) is 1. The standard InChI is InChI=1S/C17H19NO3/c1-12(17(20)18-8-2-3-9-18)21-16-7-5-13-4-6-15(19)10-14(13)11-16/h4-7,10-12,19H,2-3,8-9H2,1H3. The van der Waals surface area contributed by atoms with E-state index in [0.717, 1.165) is 36.7 Å². The number of hydrogen-bond donors (Lipinski definition) is 1. The molecule has 1 unspecified atom stereocenters. The number of likely N-dealkylation sites (tertiary alicyclic amines) is 1. The lowest BCUT2D eigenvalue weighted by molar-refractivity contribution is -0.136. The molecule has 0 aromatic heterocycles. The summed E-state index contributed by atoms with van der Waals surface area (Å²) in [6.45, 7) is 3.45. The molecule has 21 heavy (non-hydrogen) atoms. The Hall–Kier alpha value is -2.23. The summed E-state index contributed by atoms with van der Waals surface area (Å²) >= 11 is 0. The van der Waals surface area contributed by atoms with Crippen molar-refractivity contribution in [1.82, 2.24) is 4.90 Å². The van der Waals surface area contributed by atoms with Crippen LogP contribution < -0.4 is 4.74 Å². The molecule has 1 aliphatic heterocycles. The highest BCUT2D eigenvalue weighted by Crippen LogP contribution is 2.25. The topological polar surface area (TPSA) is 49.8 Å². The molecule has 2 aromatic carbocycles. The number of phenols is 1. The summed E-state index contributed by atoms with van der Waals surface area (Å²) in [6.07, 6.45) is 1.67. The molecule has 1 atom stereocenters. The molecule has 1 amide bonds. The Balaban J connectivity index is 1.76. The van der Waals surface area contributed by atoms with Crippen molar-refractivity contribution >= 4 is 16.7 Å². The summed E-state index contributed by atoms with van der Waals surface area (Å²) in [5.74, 6) is 0.914. The van der Waals surface area contributed by atoms with Gasteiger partial charge in [-0.05, 0) is 54.8 Å². The van der Waals surface area contributed by atoms with Gasteiger partial charge in [0.05, 0.1) is 0 Å². The molecule has 110 valence electrons. The summed E-state index contributed by atoms with van der Waals surface area (Å²) in [7, 11) is 0. The Morgan fingerprint density at radius 1 is 1.14 bits per heavy atom. The van der Waals surface area contributed by atoms with E-state index in [2.05, 4.69) is 0 Å². The lowest BCUT2D eigenvalue weighted by atomic mass is 10.1. The lowest BCUT2D eigenvalue weighted by Crippen LogP contribution is -2.38. The number of fused-ring (bicyclic) bond motifs is 1. The molecule has 1 saturated heterocycles. The second-order valence-corrected chi connectivity index (χ2v) is 5.49. The molecule has 4 nitrogen and oxygen atoms in total. The number of rotatable bonds is 3. The Labute approximate surface area is 123 Å². The van der Waals surface area contributed by atoms with Crippen molar-refractivity contribution in [2.24, 2.45) is 0 Å². The third-order valence-corrected chi connectivity index (χ3v) is 3.87. The van der Waals surface area contributed by atoms with Crippen molar-refractivity contribution in [2.45, 2.75) is 25.9 Å². The second kappa shape index (κ2) is 5.64. The first-order valence-corrected chi connectivity index (χ1v) is 7.32. The quantitative estimate of drug-likeness (QED) is 0.943. The maximum Gasteiger partial charge on any atom is 0.263 e. The van der Waals surface area contributed by atoms with Crippen LogP contribution in [0.15, 0.2) is 36.4 Å². The van der Waals surface area contributed by atoms with E-state index in [-0.39, 0.29) is 11.7 Å². The summed E-state index contributed by atoms with van der Waals surface area (Å²) in [5.41, 5.74) is 0. The summed E-state index contributed by atoms with van der Waals surface area (Å²) in [4.78, 5) is 14.1. The Bertz CT molecular complexity index is 662. The van der Waals surface area contributed by atoms with Gasteiger partial charge in [0.1, 0.15) is 11.5 Å². The molecule has 1 heterocycles. The van der Waals surface area contributed by atoms with Crippen molar-refractivity contribution in [3.63, 3.8) is 0 Å². The number of ether oxygens (including phenoxy) is 1. The summed E-state index contributed by atoms with van der Waals surface area (Å²) < 4.78 is 5.76. The first-order chi connectivity index (χ1) is 10.1. The predicted molar refractivity (Wildman–Crippen MR) is 81.5 cm³/mol. The number of aromatic hydroxyl groups is 1. The van der Waals surface area contributed by atoms with Gasteiger partial charge in [-0.15, -0.1) is 0 Å². The molecule has 0 bridgehead atoms. The van der Waals surface area contributed by atoms with E-state index >= 15 is 0 Å². The van der Waals surface area contributed by atoms with E-state index in [9.17, 15) is 9.90 Å². The highest BCUT2D eigenvalue weighted by Gasteiger charge is 2.24. The third kappa shape index (κ3) is 2.94. The smallest absolute Gasteiger partial charge is 0.263 e. The van der Waals surface area contributed by atoms with Gasteiger partial charge in [-0.2, -0.15) is 0 Å². The van der Waals surface area contributed by atoms with Gasteiger partial charge in [-0.25, -0.2) is 0 Å². The maximum atomic E-state index is 12.2. The van der Waals surface area contributed by atoms with Crippen LogP contribution in [0.4, 0.5) is 0 Å². The van der Waals surface area contributed by atoms with Crippen LogP contribution in [0.5, 0.6) is 11.5 Å². The highest BCUT2D eigenvalue weighted by molar-refractivity contribution is 5.85. The zero-order chi connectivity index (χ0) is 14.8. The van der Waals surface area contributed by atoms with E-state index in [1.165, 1.54) is 0 Å². The molecule has 1 aliphatic rings. The van der Waals surface area contributed by atoms with Gasteiger partial charge >= 0.3 is 0 Å². The van der Waals surface area contributed by atoms with Crippen molar-refractivity contribution in [3.8, 4) is 11.5 Å². The van der Waals surface area contributed by atoms with E-state index in [4.69, 9.17) is 4.74 Å². The normalized spacial score (nSPS) is 16.1. The average molecular weight is 285 g/mol. The van der Waals surface area contributed by atoms with E-state index < -0.39 is 6.10 Å². The molecule has 0 spiro atoms. The minimum absolute atomic E-state index is 0.0449. The van der Waals surface area contributed by atoms with Gasteiger partial charge in [0.2, 0.25) is 0 Å². The summed E-state index contributed by atoms with van der Waals surface area (Å²) in [6, 6.07) is 10.8. The third-order valence-electron chi connectivity index (χ3n) is 3.87. The number of carbonyl (C=O) groups excluding carboxylic acids is 1. The molecule has 1 fully saturated rings. The Morgan fingerprint density at radius 2 is 1.86 bits per heavy atom. The molecular formula is C17H19NO3. The van der Waals surface area contributed by atoms with E-state index in [1.54, 1.807) is 19.1 Å². The van der Waals surface area contributed by atoms with Crippen molar-refractivity contribution < 1.29 is 14.6 Å². The fourth-order valence-corrected chi connectivity index (χ4v) is 2.73. The highest BCUT2D eigenvalue weighted by atomic mass is 16.5. The molecule has 0 radical (unpaired) electrons. The molecule has 4 heteroatoms. The van der Waals surface area contributed by atoms with Crippen LogP contribution in [0.2, 0.25) is 0 Å². The van der Waals surface area contributed by atoms with Gasteiger partial charge < -0.3 is 14.7 Å². The monoisotopic (exact) mass is 285 g/mol. The van der Waals surface area contributed by atoms with Crippen LogP contribution in [0.1, 0.15) is 19.8 Å². The Morgan fingerprint density at radius 3 is 2.62 bits per heavy atom. The molecule has 2 aromatic rings. The number of benzene rings is 2. The van der Waals surface area contributed by atoms with Crippen LogP contribution in [0.25, 0.3) is 10.8 Å². The van der Waals surface area contributed by atoms with Gasteiger partial charge in [0.25, 0.3) is 5.91 Å². The van der Waals surface area contributed by atoms with Crippen LogP contribution in [0, 0.1) is 0 Å². The van der Waals surface area contributed by atoms with E-state index in [0.29, 0.717) is 5.75 Å². The lowest BCUT2D eigenvalue weighted by Gasteiger charge is -2.21. The van der Waals surface area contributed by atoms with E-state index in [1.807, 2.05) is 29.2 Å². The largest absolute Gasteiger partial charge is 0.508 e. The van der Waals surface area contributed by atoms with Crippen LogP contribution >= 0.6 is 0 Å². The molecular weight excluding hydrogens is 266 g/mol. The fraction of sp³-hybridized carbons (Fsp3) is 0.353. The fourth-order valence-electron chi connectivity index (χ4n) is 2.73. The molecule has 0 saturated carbocycles. The van der Waals surface area contributed by atoms with Gasteiger partial charge in [0, 0.05) is 13.1 Å². The SMILES string of the molecule is CC(Oc1ccc2ccc(O)cc2c1)C(=O)N1CCCC1. The molecule has 0 aliphatic carbocycles. The zero-order valence-electron chi connectivity index (χ0n) is 12.1. The van der Waals surface area contributed by atoms with Gasteiger partial charge in [0.15, 0.2) is 6.10 Å². The van der Waals surface area contributed by atoms with Gasteiger partial charge in [-0.1, -0.05) is 12.1 Å². The number of phenolic OH excluding ortho intramolecular Hbond substituents is 1.